The van der Waals surface area contributed by atoms with Crippen molar-refractivity contribution in [2.45, 2.75) is 51.4 Å². The Kier molecular flexibility index (Phi) is 5.30. The molecule has 1 aliphatic carbocycles. The molecular weight excluding hydrogens is 308 g/mol. The molecule has 5 heteroatoms. The minimum Gasteiger partial charge on any atom is -0.491 e. The summed E-state index contributed by atoms with van der Waals surface area (Å²) in [7, 11) is 0. The van der Waals surface area contributed by atoms with Crippen LogP contribution in [0, 0.1) is 0 Å². The van der Waals surface area contributed by atoms with Crippen LogP contribution in [0.2, 0.25) is 0 Å². The highest BCUT2D eigenvalue weighted by Gasteiger charge is 2.26. The molecule has 1 aromatic carbocycles. The predicted molar refractivity (Wildman–Crippen MR) is 93.0 cm³/mol. The first kappa shape index (κ1) is 16.4. The number of benzene rings is 1. The number of ether oxygens (including phenoxy) is 1. The molecule has 0 bridgehead atoms. The molecule has 1 saturated carbocycles. The summed E-state index contributed by atoms with van der Waals surface area (Å²) < 4.78 is 5.61. The van der Waals surface area contributed by atoms with Crippen LogP contribution in [0.4, 0.5) is 0 Å². The van der Waals surface area contributed by atoms with Gasteiger partial charge >= 0.3 is 0 Å². The van der Waals surface area contributed by atoms with E-state index in [1.807, 2.05) is 44.3 Å². The van der Waals surface area contributed by atoms with Crippen LogP contribution in [0.15, 0.2) is 30.5 Å². The number of hydrogen-bond donors (Lipinski definition) is 2. The Morgan fingerprint density at radius 2 is 2.04 bits per heavy atom. The lowest BCUT2D eigenvalue weighted by molar-refractivity contribution is 0.174. The highest BCUT2D eigenvalue weighted by atomic mass is 32.1. The van der Waals surface area contributed by atoms with Gasteiger partial charge in [-0.25, -0.2) is 4.98 Å². The van der Waals surface area contributed by atoms with E-state index < -0.39 is 6.10 Å². The molecule has 0 saturated heterocycles. The first-order valence-electron chi connectivity index (χ1n) is 8.22. The topological polar surface area (TPSA) is 54.4 Å². The van der Waals surface area contributed by atoms with Crippen molar-refractivity contribution in [2.24, 2.45) is 0 Å². The van der Waals surface area contributed by atoms with Crippen LogP contribution in [0.1, 0.15) is 54.2 Å². The molecule has 0 amide bonds. The van der Waals surface area contributed by atoms with Crippen LogP contribution in [-0.2, 0) is 6.54 Å². The Bertz CT molecular complexity index is 620. The van der Waals surface area contributed by atoms with Crippen LogP contribution in [-0.4, -0.2) is 22.7 Å². The Morgan fingerprint density at radius 1 is 1.30 bits per heavy atom. The standard InChI is InChI=1S/C18H24N2O2S/c1-12(2)22-15-7-5-13(6-8-15)17(21)11-19-9-16-10-20-18(23-16)14-3-4-14/h5-8,10,12,14,17,19,21H,3-4,9,11H2,1-2H3. The van der Waals surface area contributed by atoms with E-state index in [1.54, 1.807) is 11.3 Å². The zero-order valence-electron chi connectivity index (χ0n) is 13.7. The highest BCUT2D eigenvalue weighted by molar-refractivity contribution is 7.11. The van der Waals surface area contributed by atoms with E-state index in [4.69, 9.17) is 4.74 Å². The molecule has 1 unspecified atom stereocenters. The van der Waals surface area contributed by atoms with Crippen LogP contribution in [0.5, 0.6) is 5.75 Å². The molecular formula is C18H24N2O2S. The number of rotatable bonds is 8. The molecule has 0 radical (unpaired) electrons. The Balaban J connectivity index is 1.45. The Morgan fingerprint density at radius 3 is 2.70 bits per heavy atom. The number of aliphatic hydroxyl groups is 1. The summed E-state index contributed by atoms with van der Waals surface area (Å²) in [4.78, 5) is 5.71. The summed E-state index contributed by atoms with van der Waals surface area (Å²) >= 11 is 1.79. The monoisotopic (exact) mass is 332 g/mol. The van der Waals surface area contributed by atoms with Gasteiger partial charge < -0.3 is 15.2 Å². The number of thiazole rings is 1. The van der Waals surface area contributed by atoms with Gasteiger partial charge in [-0.05, 0) is 44.4 Å². The fraction of sp³-hybridized carbons (Fsp3) is 0.500. The van der Waals surface area contributed by atoms with Crippen molar-refractivity contribution in [1.82, 2.24) is 10.3 Å². The third-order valence-corrected chi connectivity index (χ3v) is 4.93. The molecule has 4 nitrogen and oxygen atoms in total. The molecule has 1 heterocycles. The summed E-state index contributed by atoms with van der Waals surface area (Å²) in [6, 6.07) is 7.65. The summed E-state index contributed by atoms with van der Waals surface area (Å²) in [6.07, 6.45) is 4.17. The molecule has 1 fully saturated rings. The van der Waals surface area contributed by atoms with Crippen molar-refractivity contribution in [2.75, 3.05) is 6.54 Å². The van der Waals surface area contributed by atoms with Gasteiger partial charge in [0.05, 0.1) is 17.2 Å². The van der Waals surface area contributed by atoms with E-state index in [0.717, 1.165) is 17.9 Å². The van der Waals surface area contributed by atoms with E-state index in [1.165, 1.54) is 22.7 Å². The SMILES string of the molecule is CC(C)Oc1ccc(C(O)CNCc2cnc(C3CC3)s2)cc1. The maximum Gasteiger partial charge on any atom is 0.119 e. The summed E-state index contributed by atoms with van der Waals surface area (Å²) in [5, 5.41) is 14.8. The zero-order valence-corrected chi connectivity index (χ0v) is 14.5. The molecule has 3 rings (SSSR count). The Hall–Kier alpha value is -1.43. The normalized spacial score (nSPS) is 15.8. The summed E-state index contributed by atoms with van der Waals surface area (Å²) in [6.45, 7) is 5.29. The zero-order chi connectivity index (χ0) is 16.2. The minimum atomic E-state index is -0.515. The second-order valence-corrected chi connectivity index (χ2v) is 7.47. The molecule has 23 heavy (non-hydrogen) atoms. The highest BCUT2D eigenvalue weighted by Crippen LogP contribution is 2.41. The van der Waals surface area contributed by atoms with Crippen molar-refractivity contribution in [1.29, 1.82) is 0 Å². The van der Waals surface area contributed by atoms with Gasteiger partial charge in [0.15, 0.2) is 0 Å². The number of hydrogen-bond acceptors (Lipinski definition) is 5. The van der Waals surface area contributed by atoms with Crippen LogP contribution < -0.4 is 10.1 Å². The van der Waals surface area contributed by atoms with E-state index in [9.17, 15) is 5.11 Å². The lowest BCUT2D eigenvalue weighted by atomic mass is 10.1. The van der Waals surface area contributed by atoms with E-state index in [0.29, 0.717) is 12.5 Å². The third-order valence-electron chi connectivity index (χ3n) is 3.77. The number of aromatic nitrogens is 1. The molecule has 1 aliphatic rings. The molecule has 1 aromatic heterocycles. The van der Waals surface area contributed by atoms with Crippen LogP contribution in [0.25, 0.3) is 0 Å². The Labute approximate surface area is 141 Å². The fourth-order valence-corrected chi connectivity index (χ4v) is 3.47. The van der Waals surface area contributed by atoms with Gasteiger partial charge in [0, 0.05) is 30.1 Å². The predicted octanol–water partition coefficient (Wildman–Crippen LogP) is 3.63. The fourth-order valence-electron chi connectivity index (χ4n) is 2.41. The average molecular weight is 332 g/mol. The van der Waals surface area contributed by atoms with Crippen molar-refractivity contribution in [3.8, 4) is 5.75 Å². The second kappa shape index (κ2) is 7.43. The quantitative estimate of drug-likeness (QED) is 0.775. The van der Waals surface area contributed by atoms with Crippen molar-refractivity contribution < 1.29 is 9.84 Å². The van der Waals surface area contributed by atoms with Crippen molar-refractivity contribution in [3.63, 3.8) is 0 Å². The molecule has 2 aromatic rings. The van der Waals surface area contributed by atoms with Gasteiger partial charge in [0.1, 0.15) is 5.75 Å². The van der Waals surface area contributed by atoms with Gasteiger partial charge in [-0.1, -0.05) is 12.1 Å². The van der Waals surface area contributed by atoms with Gasteiger partial charge in [-0.2, -0.15) is 0 Å². The van der Waals surface area contributed by atoms with E-state index in [-0.39, 0.29) is 6.10 Å². The van der Waals surface area contributed by atoms with Crippen molar-refractivity contribution in [3.05, 3.63) is 45.9 Å². The maximum absolute atomic E-state index is 10.3. The third kappa shape index (κ3) is 4.77. The molecule has 0 aliphatic heterocycles. The molecule has 2 N–H and O–H groups in total. The summed E-state index contributed by atoms with van der Waals surface area (Å²) in [5.74, 6) is 1.55. The maximum atomic E-state index is 10.3. The second-order valence-electron chi connectivity index (χ2n) is 6.32. The largest absolute Gasteiger partial charge is 0.491 e. The van der Waals surface area contributed by atoms with Crippen molar-refractivity contribution >= 4 is 11.3 Å². The lowest BCUT2D eigenvalue weighted by Gasteiger charge is -2.14. The van der Waals surface area contributed by atoms with Crippen LogP contribution >= 0.6 is 11.3 Å². The number of nitrogens with one attached hydrogen (secondary N) is 1. The number of aliphatic hydroxyl groups excluding tert-OH is 1. The van der Waals surface area contributed by atoms with E-state index in [2.05, 4.69) is 10.3 Å². The molecule has 0 spiro atoms. The van der Waals surface area contributed by atoms with Crippen LogP contribution in [0.3, 0.4) is 0 Å². The van der Waals surface area contributed by atoms with Gasteiger partial charge in [0.25, 0.3) is 0 Å². The van der Waals surface area contributed by atoms with Gasteiger partial charge in [-0.15, -0.1) is 11.3 Å². The first-order chi connectivity index (χ1) is 11.1. The summed E-state index contributed by atoms with van der Waals surface area (Å²) in [5.41, 5.74) is 0.900. The van der Waals surface area contributed by atoms with Gasteiger partial charge in [-0.3, -0.25) is 0 Å². The molecule has 1 atom stereocenters. The average Bonchev–Trinajstić information content (AvgIpc) is 3.27. The first-order valence-corrected chi connectivity index (χ1v) is 9.03. The lowest BCUT2D eigenvalue weighted by Crippen LogP contribution is -2.20. The van der Waals surface area contributed by atoms with E-state index >= 15 is 0 Å². The number of nitrogens with zero attached hydrogens (tertiary/aromatic N) is 1. The smallest absolute Gasteiger partial charge is 0.119 e. The minimum absolute atomic E-state index is 0.160. The van der Waals surface area contributed by atoms with Gasteiger partial charge in [0.2, 0.25) is 0 Å². The molecule has 124 valence electrons.